The second kappa shape index (κ2) is 11.2. The zero-order valence-corrected chi connectivity index (χ0v) is 19.6. The fourth-order valence-electron chi connectivity index (χ4n) is 3.13. The maximum atomic E-state index is 13.1. The molecule has 0 bridgehead atoms. The third-order valence-electron chi connectivity index (χ3n) is 4.67. The Morgan fingerprint density at radius 3 is 2.33 bits per heavy atom. The molecule has 30 heavy (non-hydrogen) atoms. The number of nitrogens with zero attached hydrogens (tertiary/aromatic N) is 1. The second-order valence-corrected chi connectivity index (χ2v) is 9.82. The number of nitrogens with one attached hydrogen (secondary N) is 1. The second-order valence-electron chi connectivity index (χ2n) is 8.71. The molecule has 2 aromatic rings. The van der Waals surface area contributed by atoms with E-state index < -0.39 is 6.04 Å². The standard InChI is InChI=1S/C25H34N2O2S/c1-19-10-9-13-22(16-19)17-27(20(2)24(29)26-25(3,4)5)23(28)14-15-30-18-21-11-7-6-8-12-21/h6-13,16,20H,14-15,17-18H2,1-5H3,(H,26,29)/t20-/m1/s1. The quantitative estimate of drug-likeness (QED) is 0.577. The summed E-state index contributed by atoms with van der Waals surface area (Å²) in [5, 5.41) is 3.00. The summed E-state index contributed by atoms with van der Waals surface area (Å²) in [7, 11) is 0. The lowest BCUT2D eigenvalue weighted by atomic mass is 10.1. The lowest BCUT2D eigenvalue weighted by Gasteiger charge is -2.31. The van der Waals surface area contributed by atoms with Crippen molar-refractivity contribution in [2.24, 2.45) is 0 Å². The molecule has 4 nitrogen and oxygen atoms in total. The average Bonchev–Trinajstić information content (AvgIpc) is 2.68. The van der Waals surface area contributed by atoms with Crippen molar-refractivity contribution in [2.45, 2.75) is 64.9 Å². The number of carbonyl (C=O) groups excluding carboxylic acids is 2. The molecule has 0 aliphatic carbocycles. The van der Waals surface area contributed by atoms with Gasteiger partial charge in [0.15, 0.2) is 0 Å². The number of hydrogen-bond acceptors (Lipinski definition) is 3. The molecule has 0 radical (unpaired) electrons. The molecule has 2 amide bonds. The van der Waals surface area contributed by atoms with E-state index in [2.05, 4.69) is 23.5 Å². The van der Waals surface area contributed by atoms with Gasteiger partial charge in [0, 0.05) is 30.0 Å². The summed E-state index contributed by atoms with van der Waals surface area (Å²) < 4.78 is 0. The topological polar surface area (TPSA) is 49.4 Å². The highest BCUT2D eigenvalue weighted by Crippen LogP contribution is 2.17. The molecule has 2 rings (SSSR count). The van der Waals surface area contributed by atoms with Crippen molar-refractivity contribution in [1.82, 2.24) is 10.2 Å². The van der Waals surface area contributed by atoms with Gasteiger partial charge in [-0.15, -0.1) is 0 Å². The van der Waals surface area contributed by atoms with Gasteiger partial charge in [0.1, 0.15) is 6.04 Å². The first-order valence-corrected chi connectivity index (χ1v) is 11.6. The zero-order valence-electron chi connectivity index (χ0n) is 18.8. The Hall–Kier alpha value is -2.27. The minimum Gasteiger partial charge on any atom is -0.350 e. The summed E-state index contributed by atoms with van der Waals surface area (Å²) >= 11 is 1.74. The Bertz CT molecular complexity index is 831. The number of amides is 2. The van der Waals surface area contributed by atoms with Crippen molar-refractivity contribution in [3.05, 3.63) is 71.3 Å². The minimum absolute atomic E-state index is 0.00799. The first-order valence-electron chi connectivity index (χ1n) is 10.4. The molecular weight excluding hydrogens is 392 g/mol. The first kappa shape index (κ1) is 24.0. The van der Waals surface area contributed by atoms with Gasteiger partial charge < -0.3 is 10.2 Å². The molecule has 0 spiro atoms. The summed E-state index contributed by atoms with van der Waals surface area (Å²) in [4.78, 5) is 27.6. The largest absolute Gasteiger partial charge is 0.350 e. The fraction of sp³-hybridized carbons (Fsp3) is 0.440. The molecule has 0 aliphatic heterocycles. The van der Waals surface area contributed by atoms with Crippen LogP contribution in [0.4, 0.5) is 0 Å². The van der Waals surface area contributed by atoms with Crippen molar-refractivity contribution in [3.8, 4) is 0 Å². The lowest BCUT2D eigenvalue weighted by Crippen LogP contribution is -2.52. The molecule has 0 aromatic heterocycles. The van der Waals surface area contributed by atoms with E-state index in [4.69, 9.17) is 0 Å². The van der Waals surface area contributed by atoms with Crippen molar-refractivity contribution in [3.63, 3.8) is 0 Å². The predicted octanol–water partition coefficient (Wildman–Crippen LogP) is 4.95. The highest BCUT2D eigenvalue weighted by molar-refractivity contribution is 7.98. The molecule has 0 fully saturated rings. The summed E-state index contributed by atoms with van der Waals surface area (Å²) in [6, 6.07) is 17.8. The van der Waals surface area contributed by atoms with Gasteiger partial charge in [-0.2, -0.15) is 11.8 Å². The maximum Gasteiger partial charge on any atom is 0.242 e. The summed E-state index contributed by atoms with van der Waals surface area (Å²) in [6.07, 6.45) is 0.413. The van der Waals surface area contributed by atoms with Crippen molar-refractivity contribution < 1.29 is 9.59 Å². The van der Waals surface area contributed by atoms with Crippen LogP contribution in [-0.2, 0) is 21.9 Å². The van der Waals surface area contributed by atoms with Gasteiger partial charge in [0.05, 0.1) is 0 Å². The Labute approximate surface area is 185 Å². The van der Waals surface area contributed by atoms with Gasteiger partial charge in [-0.25, -0.2) is 0 Å². The van der Waals surface area contributed by atoms with Gasteiger partial charge >= 0.3 is 0 Å². The SMILES string of the molecule is Cc1cccc(CN(C(=O)CCSCc2ccccc2)[C@H](C)C(=O)NC(C)(C)C)c1. The van der Waals surface area contributed by atoms with Gasteiger partial charge in [0.25, 0.3) is 0 Å². The van der Waals surface area contributed by atoms with Gasteiger partial charge in [0.2, 0.25) is 11.8 Å². The smallest absolute Gasteiger partial charge is 0.242 e. The van der Waals surface area contributed by atoms with Crippen LogP contribution in [0.5, 0.6) is 0 Å². The van der Waals surface area contributed by atoms with E-state index in [9.17, 15) is 9.59 Å². The van der Waals surface area contributed by atoms with Crippen molar-refractivity contribution >= 4 is 23.6 Å². The van der Waals surface area contributed by atoms with Gasteiger partial charge in [-0.1, -0.05) is 60.2 Å². The van der Waals surface area contributed by atoms with Crippen LogP contribution in [0.2, 0.25) is 0 Å². The monoisotopic (exact) mass is 426 g/mol. The number of benzene rings is 2. The molecule has 0 heterocycles. The number of rotatable bonds is 9. The van der Waals surface area contributed by atoms with E-state index in [1.807, 2.05) is 71.0 Å². The fourth-order valence-corrected chi connectivity index (χ4v) is 4.02. The van der Waals surface area contributed by atoms with E-state index in [0.29, 0.717) is 13.0 Å². The molecule has 162 valence electrons. The molecule has 5 heteroatoms. The van der Waals surface area contributed by atoms with Crippen LogP contribution in [-0.4, -0.2) is 34.0 Å². The van der Waals surface area contributed by atoms with E-state index in [1.165, 1.54) is 5.56 Å². The van der Waals surface area contributed by atoms with Crippen LogP contribution in [0.15, 0.2) is 54.6 Å². The van der Waals surface area contributed by atoms with Crippen LogP contribution in [0.25, 0.3) is 0 Å². The predicted molar refractivity (Wildman–Crippen MR) is 126 cm³/mol. The Kier molecular flexibility index (Phi) is 8.97. The molecule has 1 N–H and O–H groups in total. The number of carbonyl (C=O) groups is 2. The molecule has 0 saturated carbocycles. The summed E-state index contributed by atoms with van der Waals surface area (Å²) in [5.41, 5.74) is 3.10. The number of hydrogen-bond donors (Lipinski definition) is 1. The minimum atomic E-state index is -0.531. The highest BCUT2D eigenvalue weighted by Gasteiger charge is 2.28. The molecule has 1 atom stereocenters. The average molecular weight is 427 g/mol. The van der Waals surface area contributed by atoms with Gasteiger partial charge in [-0.05, 0) is 45.7 Å². The third kappa shape index (κ3) is 8.23. The third-order valence-corrected chi connectivity index (χ3v) is 5.70. The normalized spacial score (nSPS) is 12.3. The molecular formula is C25H34N2O2S. The van der Waals surface area contributed by atoms with Crippen molar-refractivity contribution in [1.29, 1.82) is 0 Å². The van der Waals surface area contributed by atoms with E-state index in [1.54, 1.807) is 16.7 Å². The van der Waals surface area contributed by atoms with Crippen molar-refractivity contribution in [2.75, 3.05) is 5.75 Å². The van der Waals surface area contributed by atoms with E-state index >= 15 is 0 Å². The molecule has 2 aromatic carbocycles. The van der Waals surface area contributed by atoms with Crippen LogP contribution in [0.3, 0.4) is 0 Å². The molecule has 0 saturated heterocycles. The Balaban J connectivity index is 2.03. The highest BCUT2D eigenvalue weighted by atomic mass is 32.2. The number of thioether (sulfide) groups is 1. The van der Waals surface area contributed by atoms with Gasteiger partial charge in [-0.3, -0.25) is 9.59 Å². The Morgan fingerprint density at radius 1 is 1.03 bits per heavy atom. The van der Waals surface area contributed by atoms with E-state index in [0.717, 1.165) is 22.6 Å². The molecule has 0 aliphatic rings. The summed E-state index contributed by atoms with van der Waals surface area (Å²) in [5.74, 6) is 1.49. The van der Waals surface area contributed by atoms with Crippen LogP contribution in [0, 0.1) is 6.92 Å². The van der Waals surface area contributed by atoms with Crippen LogP contribution >= 0.6 is 11.8 Å². The molecule has 0 unspecified atom stereocenters. The lowest BCUT2D eigenvalue weighted by molar-refractivity contribution is -0.140. The zero-order chi connectivity index (χ0) is 22.1. The van der Waals surface area contributed by atoms with Crippen LogP contribution < -0.4 is 5.32 Å². The summed E-state index contributed by atoms with van der Waals surface area (Å²) in [6.45, 7) is 10.1. The maximum absolute atomic E-state index is 13.1. The van der Waals surface area contributed by atoms with E-state index in [-0.39, 0.29) is 17.4 Å². The first-order chi connectivity index (χ1) is 14.2. The van der Waals surface area contributed by atoms with Crippen LogP contribution in [0.1, 0.15) is 50.8 Å². The Morgan fingerprint density at radius 2 is 1.70 bits per heavy atom. The number of aryl methyl sites for hydroxylation is 1.